The quantitative estimate of drug-likeness (QED) is 0.586. The van der Waals surface area contributed by atoms with Gasteiger partial charge in [0.2, 0.25) is 0 Å². The maximum atomic E-state index is 12.7. The summed E-state index contributed by atoms with van der Waals surface area (Å²) >= 11 is 7.59. The maximum Gasteiger partial charge on any atom is 0.253 e. The lowest BCUT2D eigenvalue weighted by molar-refractivity contribution is 0.0713. The highest BCUT2D eigenvalue weighted by Gasteiger charge is 2.26. The molecule has 3 aromatic rings. The van der Waals surface area contributed by atoms with Gasteiger partial charge in [0.05, 0.1) is 7.11 Å². The Morgan fingerprint density at radius 1 is 1.10 bits per heavy atom. The van der Waals surface area contributed by atoms with Gasteiger partial charge in [-0.05, 0) is 54.8 Å². The largest absolute Gasteiger partial charge is 0.497 e. The highest BCUT2D eigenvalue weighted by Crippen LogP contribution is 2.31. The topological polar surface area (TPSA) is 55.3 Å². The molecule has 0 radical (unpaired) electrons. The van der Waals surface area contributed by atoms with Crippen molar-refractivity contribution >= 4 is 28.8 Å². The second kappa shape index (κ2) is 8.93. The van der Waals surface area contributed by atoms with E-state index in [9.17, 15) is 4.79 Å². The van der Waals surface area contributed by atoms with Crippen LogP contribution in [-0.4, -0.2) is 41.2 Å². The van der Waals surface area contributed by atoms with Crippen LogP contribution in [0.2, 0.25) is 5.02 Å². The lowest BCUT2D eigenvalue weighted by Crippen LogP contribution is -2.37. The van der Waals surface area contributed by atoms with E-state index in [1.165, 1.54) is 5.56 Å². The number of nitrogens with zero attached hydrogens (tertiary/aromatic N) is 3. The zero-order valence-electron chi connectivity index (χ0n) is 16.2. The van der Waals surface area contributed by atoms with Crippen LogP contribution in [0.5, 0.6) is 5.75 Å². The van der Waals surface area contributed by atoms with Crippen LogP contribution in [-0.2, 0) is 6.42 Å². The van der Waals surface area contributed by atoms with Gasteiger partial charge < -0.3 is 9.64 Å². The summed E-state index contributed by atoms with van der Waals surface area (Å²) in [5, 5.41) is 11.6. The first-order valence-electron chi connectivity index (χ1n) is 9.62. The molecule has 0 bridgehead atoms. The molecule has 0 spiro atoms. The molecule has 7 heteroatoms. The molecule has 1 amide bonds. The number of hydrogen-bond acceptors (Lipinski definition) is 5. The van der Waals surface area contributed by atoms with Crippen molar-refractivity contribution in [2.75, 3.05) is 20.2 Å². The number of likely N-dealkylation sites (tertiary alicyclic amines) is 1. The first-order chi connectivity index (χ1) is 14.1. The first-order valence-corrected chi connectivity index (χ1v) is 10.8. The van der Waals surface area contributed by atoms with Crippen LogP contribution in [0.3, 0.4) is 0 Å². The summed E-state index contributed by atoms with van der Waals surface area (Å²) < 4.78 is 5.20. The molecule has 0 aliphatic carbocycles. The zero-order valence-corrected chi connectivity index (χ0v) is 17.7. The monoisotopic (exact) mass is 427 g/mol. The van der Waals surface area contributed by atoms with Gasteiger partial charge in [0.15, 0.2) is 0 Å². The lowest BCUT2D eigenvalue weighted by Gasteiger charge is -2.31. The Morgan fingerprint density at radius 3 is 2.45 bits per heavy atom. The normalized spacial score (nSPS) is 14.8. The molecule has 2 heterocycles. The third kappa shape index (κ3) is 4.77. The number of piperidine rings is 1. The number of hydrogen-bond donors (Lipinski definition) is 0. The molecule has 0 N–H and O–H groups in total. The molecule has 150 valence electrons. The van der Waals surface area contributed by atoms with E-state index in [2.05, 4.69) is 22.3 Å². The van der Waals surface area contributed by atoms with E-state index in [1.54, 1.807) is 42.7 Å². The standard InChI is InChI=1S/C22H22ClN3O2S/c1-28-19-8-2-15(3-9-19)14-20-24-25-21(29-20)16-10-12-26(13-11-16)22(27)17-4-6-18(23)7-5-17/h2-9,16H,10-14H2,1H3. The Labute approximate surface area is 179 Å². The van der Waals surface area contributed by atoms with Crippen molar-refractivity contribution in [3.05, 3.63) is 74.7 Å². The molecule has 1 aliphatic heterocycles. The summed E-state index contributed by atoms with van der Waals surface area (Å²) in [6.45, 7) is 1.47. The number of methoxy groups -OCH3 is 1. The van der Waals surface area contributed by atoms with Crippen LogP contribution >= 0.6 is 22.9 Å². The molecule has 1 fully saturated rings. The Bertz CT molecular complexity index is 964. The molecule has 0 unspecified atom stereocenters. The third-order valence-corrected chi connectivity index (χ3v) is 6.56. The van der Waals surface area contributed by atoms with Gasteiger partial charge in [0.25, 0.3) is 5.91 Å². The number of halogens is 1. The number of benzene rings is 2. The number of aromatic nitrogens is 2. The number of carbonyl (C=O) groups excluding carboxylic acids is 1. The van der Waals surface area contributed by atoms with E-state index in [0.717, 1.165) is 48.1 Å². The minimum atomic E-state index is 0.0672. The SMILES string of the molecule is COc1ccc(Cc2nnc(C3CCN(C(=O)c4ccc(Cl)cc4)CC3)s2)cc1. The first kappa shape index (κ1) is 19.9. The van der Waals surface area contributed by atoms with Crippen LogP contribution < -0.4 is 4.74 Å². The van der Waals surface area contributed by atoms with E-state index >= 15 is 0 Å². The summed E-state index contributed by atoms with van der Waals surface area (Å²) in [6.07, 6.45) is 2.60. The van der Waals surface area contributed by atoms with Crippen molar-refractivity contribution in [1.82, 2.24) is 15.1 Å². The van der Waals surface area contributed by atoms with Crippen LogP contribution in [0, 0.1) is 0 Å². The predicted molar refractivity (Wildman–Crippen MR) is 115 cm³/mol. The maximum absolute atomic E-state index is 12.7. The number of rotatable bonds is 5. The van der Waals surface area contributed by atoms with E-state index in [4.69, 9.17) is 16.3 Å². The van der Waals surface area contributed by atoms with E-state index < -0.39 is 0 Å². The van der Waals surface area contributed by atoms with Crippen LogP contribution in [0.15, 0.2) is 48.5 Å². The minimum absolute atomic E-state index is 0.0672. The van der Waals surface area contributed by atoms with Gasteiger partial charge in [-0.15, -0.1) is 21.5 Å². The summed E-state index contributed by atoms with van der Waals surface area (Å²) in [7, 11) is 1.67. The van der Waals surface area contributed by atoms with Gasteiger partial charge in [-0.3, -0.25) is 4.79 Å². The van der Waals surface area contributed by atoms with Gasteiger partial charge in [-0.2, -0.15) is 0 Å². The molecule has 0 atom stereocenters. The van der Waals surface area contributed by atoms with Crippen molar-refractivity contribution in [2.24, 2.45) is 0 Å². The second-order valence-electron chi connectivity index (χ2n) is 7.13. The van der Waals surface area contributed by atoms with Gasteiger partial charge >= 0.3 is 0 Å². The number of amides is 1. The van der Waals surface area contributed by atoms with Gasteiger partial charge in [0, 0.05) is 36.0 Å². The van der Waals surface area contributed by atoms with E-state index in [0.29, 0.717) is 16.5 Å². The molecule has 1 saturated heterocycles. The average molecular weight is 428 g/mol. The summed E-state index contributed by atoms with van der Waals surface area (Å²) in [4.78, 5) is 14.6. The van der Waals surface area contributed by atoms with Crippen LogP contribution in [0.4, 0.5) is 0 Å². The zero-order chi connectivity index (χ0) is 20.2. The Morgan fingerprint density at radius 2 is 1.79 bits per heavy atom. The second-order valence-corrected chi connectivity index (χ2v) is 8.66. The molecular formula is C22H22ClN3O2S. The molecule has 2 aromatic carbocycles. The third-order valence-electron chi connectivity index (χ3n) is 5.22. The fourth-order valence-corrected chi connectivity index (χ4v) is 4.70. The van der Waals surface area contributed by atoms with Gasteiger partial charge in [-0.1, -0.05) is 23.7 Å². The molecule has 0 saturated carbocycles. The smallest absolute Gasteiger partial charge is 0.253 e. The fraction of sp³-hybridized carbons (Fsp3) is 0.318. The number of carbonyl (C=O) groups is 1. The molecule has 5 nitrogen and oxygen atoms in total. The minimum Gasteiger partial charge on any atom is -0.497 e. The van der Waals surface area contributed by atoms with Crippen molar-refractivity contribution in [3.63, 3.8) is 0 Å². The lowest BCUT2D eigenvalue weighted by atomic mass is 9.97. The molecule has 1 aromatic heterocycles. The highest BCUT2D eigenvalue weighted by atomic mass is 35.5. The molecule has 4 rings (SSSR count). The Hall–Kier alpha value is -2.44. The van der Waals surface area contributed by atoms with Crippen molar-refractivity contribution in [3.8, 4) is 5.75 Å². The molecule has 1 aliphatic rings. The van der Waals surface area contributed by atoms with Crippen molar-refractivity contribution in [1.29, 1.82) is 0 Å². The molecular weight excluding hydrogens is 406 g/mol. The fourth-order valence-electron chi connectivity index (χ4n) is 3.53. The summed E-state index contributed by atoms with van der Waals surface area (Å²) in [5.41, 5.74) is 1.88. The summed E-state index contributed by atoms with van der Waals surface area (Å²) in [5.74, 6) is 1.29. The van der Waals surface area contributed by atoms with E-state index in [-0.39, 0.29) is 5.91 Å². The van der Waals surface area contributed by atoms with Crippen molar-refractivity contribution < 1.29 is 9.53 Å². The Balaban J connectivity index is 1.34. The highest BCUT2D eigenvalue weighted by molar-refractivity contribution is 7.11. The molecule has 29 heavy (non-hydrogen) atoms. The van der Waals surface area contributed by atoms with E-state index in [1.807, 2.05) is 17.0 Å². The number of ether oxygens (including phenoxy) is 1. The van der Waals surface area contributed by atoms with Crippen LogP contribution in [0.1, 0.15) is 44.7 Å². The Kier molecular flexibility index (Phi) is 6.11. The van der Waals surface area contributed by atoms with Gasteiger partial charge in [0.1, 0.15) is 15.8 Å². The average Bonchev–Trinajstić information content (AvgIpc) is 3.23. The van der Waals surface area contributed by atoms with Crippen LogP contribution in [0.25, 0.3) is 0 Å². The van der Waals surface area contributed by atoms with Gasteiger partial charge in [-0.25, -0.2) is 0 Å². The predicted octanol–water partition coefficient (Wildman–Crippen LogP) is 4.81. The summed E-state index contributed by atoms with van der Waals surface area (Å²) in [6, 6.07) is 15.1. The van der Waals surface area contributed by atoms with Crippen molar-refractivity contribution in [2.45, 2.75) is 25.2 Å².